The van der Waals surface area contributed by atoms with Crippen LogP contribution in [0.15, 0.2) is 89.5 Å². The van der Waals surface area contributed by atoms with Gasteiger partial charge in [-0.2, -0.15) is 0 Å². The molecular formula is C26H25N2O7S2-. The van der Waals surface area contributed by atoms with Crippen molar-refractivity contribution >= 4 is 54.9 Å². The van der Waals surface area contributed by atoms with Gasteiger partial charge in [-0.1, -0.05) is 54.6 Å². The number of nitrogens with one attached hydrogen (secondary N) is 1. The number of benzene rings is 3. The number of para-hydroxylation sites is 1. The van der Waals surface area contributed by atoms with Crippen molar-refractivity contribution in [2.45, 2.75) is 25.3 Å². The normalized spacial score (nSPS) is 13.6. The van der Waals surface area contributed by atoms with E-state index in [2.05, 4.69) is 4.72 Å². The molecule has 2 N–H and O–H groups in total. The number of fused-ring (bicyclic) bond motifs is 3. The van der Waals surface area contributed by atoms with Crippen LogP contribution in [-0.2, 0) is 32.5 Å². The van der Waals surface area contributed by atoms with Gasteiger partial charge in [-0.05, 0) is 49.1 Å². The zero-order valence-electron chi connectivity index (χ0n) is 19.6. The minimum atomic E-state index is -3.57. The first-order chi connectivity index (χ1) is 17.7. The van der Waals surface area contributed by atoms with Crippen LogP contribution < -0.4 is 9.03 Å². The molecule has 0 bridgehead atoms. The number of aryl methyl sites for hydroxylation is 1. The zero-order valence-corrected chi connectivity index (χ0v) is 21.3. The van der Waals surface area contributed by atoms with Crippen molar-refractivity contribution in [3.63, 3.8) is 0 Å². The number of hydrogen-bond acceptors (Lipinski definition) is 6. The van der Waals surface area contributed by atoms with Gasteiger partial charge >= 0.3 is 5.97 Å². The number of sulfonamides is 1. The van der Waals surface area contributed by atoms with Gasteiger partial charge in [-0.15, -0.1) is 0 Å². The molecule has 0 saturated heterocycles. The van der Waals surface area contributed by atoms with Gasteiger partial charge in [0, 0.05) is 28.2 Å². The Kier molecular flexibility index (Phi) is 8.27. The second kappa shape index (κ2) is 11.6. The minimum absolute atomic E-state index is 0.0737. The molecular weight excluding hydrogens is 516 g/mol. The highest BCUT2D eigenvalue weighted by Crippen LogP contribution is 2.33. The van der Waals surface area contributed by atoms with Gasteiger partial charge in [0.15, 0.2) is 0 Å². The molecule has 1 heterocycles. The van der Waals surface area contributed by atoms with Crippen molar-refractivity contribution in [3.8, 4) is 0 Å². The Hall–Kier alpha value is -3.67. The van der Waals surface area contributed by atoms with E-state index in [-0.39, 0.29) is 24.3 Å². The number of carboxylic acid groups (broad SMARTS) is 1. The van der Waals surface area contributed by atoms with Crippen molar-refractivity contribution in [2.75, 3.05) is 10.1 Å². The lowest BCUT2D eigenvalue weighted by molar-refractivity contribution is -0.138. The average molecular weight is 542 g/mol. The Morgan fingerprint density at radius 1 is 1.05 bits per heavy atom. The first kappa shape index (κ1) is 26.4. The van der Waals surface area contributed by atoms with Crippen LogP contribution in [0.5, 0.6) is 0 Å². The Balaban J connectivity index is 1.43. The van der Waals surface area contributed by atoms with Crippen molar-refractivity contribution < 1.29 is 31.5 Å². The number of carboxylic acids is 1. The molecule has 37 heavy (non-hydrogen) atoms. The van der Waals surface area contributed by atoms with Crippen LogP contribution >= 0.6 is 0 Å². The van der Waals surface area contributed by atoms with Crippen LogP contribution in [0.3, 0.4) is 0 Å². The molecule has 0 fully saturated rings. The summed E-state index contributed by atoms with van der Waals surface area (Å²) in [5.74, 6) is -1.43. The monoisotopic (exact) mass is 541 g/mol. The number of carbonyl (C=O) groups is 1. The third kappa shape index (κ3) is 6.56. The predicted molar refractivity (Wildman–Crippen MR) is 142 cm³/mol. The summed E-state index contributed by atoms with van der Waals surface area (Å²) in [5, 5.41) is 11.2. The topological polar surface area (TPSA) is 140 Å². The maximum Gasteiger partial charge on any atom is 0.327 e. The molecule has 3 aromatic carbocycles. The molecule has 0 saturated carbocycles. The second-order valence-electron chi connectivity index (χ2n) is 8.33. The van der Waals surface area contributed by atoms with E-state index in [0.29, 0.717) is 23.0 Å². The van der Waals surface area contributed by atoms with E-state index in [9.17, 15) is 27.1 Å². The second-order valence-corrected chi connectivity index (χ2v) is 11.0. The molecule has 194 valence electrons. The summed E-state index contributed by atoms with van der Waals surface area (Å²) < 4.78 is 57.6. The van der Waals surface area contributed by atoms with Crippen molar-refractivity contribution in [2.24, 2.45) is 0 Å². The summed E-state index contributed by atoms with van der Waals surface area (Å²) in [6.45, 7) is 0. The lowest BCUT2D eigenvalue weighted by atomic mass is 10.1. The van der Waals surface area contributed by atoms with E-state index in [1.807, 2.05) is 48.5 Å². The first-order valence-corrected chi connectivity index (χ1v) is 14.2. The average Bonchev–Trinajstić information content (AvgIpc) is 3.25. The SMILES string of the molecule is O=C(O)C(CCC=CNS(=O)(=O)CCc1ccccc1)N(c1ccc2oc3ccccc3c2c1)S(=O)[O-]. The van der Waals surface area contributed by atoms with E-state index >= 15 is 0 Å². The minimum Gasteiger partial charge on any atom is -0.755 e. The Morgan fingerprint density at radius 2 is 1.76 bits per heavy atom. The lowest BCUT2D eigenvalue weighted by Gasteiger charge is -2.32. The molecule has 4 rings (SSSR count). The molecule has 0 spiro atoms. The maximum absolute atomic E-state index is 12.2. The van der Waals surface area contributed by atoms with Crippen molar-refractivity contribution in [3.05, 3.63) is 90.6 Å². The number of nitrogens with zero attached hydrogens (tertiary/aromatic N) is 1. The van der Waals surface area contributed by atoms with Crippen LogP contribution in [0.4, 0.5) is 5.69 Å². The molecule has 2 atom stereocenters. The number of hydrogen-bond donors (Lipinski definition) is 2. The molecule has 1 aromatic heterocycles. The number of allylic oxidation sites excluding steroid dienone is 1. The molecule has 0 aliphatic rings. The van der Waals surface area contributed by atoms with E-state index in [4.69, 9.17) is 4.42 Å². The maximum atomic E-state index is 12.2. The predicted octanol–water partition coefficient (Wildman–Crippen LogP) is 4.10. The molecule has 0 aliphatic carbocycles. The molecule has 0 aliphatic heterocycles. The molecule has 0 radical (unpaired) electrons. The molecule has 0 amide bonds. The van der Waals surface area contributed by atoms with Gasteiger partial charge < -0.3 is 14.1 Å². The number of rotatable bonds is 12. The quantitative estimate of drug-likeness (QED) is 0.257. The lowest BCUT2D eigenvalue weighted by Crippen LogP contribution is -2.42. The van der Waals surface area contributed by atoms with Crippen molar-refractivity contribution in [1.29, 1.82) is 0 Å². The summed E-state index contributed by atoms with van der Waals surface area (Å²) in [4.78, 5) is 12.0. The van der Waals surface area contributed by atoms with E-state index < -0.39 is 33.3 Å². The summed E-state index contributed by atoms with van der Waals surface area (Å²) in [6.07, 6.45) is 3.11. The van der Waals surface area contributed by atoms with Gasteiger partial charge in [0.05, 0.1) is 11.4 Å². The summed E-state index contributed by atoms with van der Waals surface area (Å²) in [7, 11) is -3.57. The van der Waals surface area contributed by atoms with Crippen molar-refractivity contribution in [1.82, 2.24) is 4.72 Å². The smallest absolute Gasteiger partial charge is 0.327 e. The summed E-state index contributed by atoms with van der Waals surface area (Å²) in [6, 6.07) is 19.8. The van der Waals surface area contributed by atoms with Crippen LogP contribution in [0.1, 0.15) is 18.4 Å². The van der Waals surface area contributed by atoms with Gasteiger partial charge in [-0.3, -0.25) is 13.2 Å². The van der Waals surface area contributed by atoms with Gasteiger partial charge in [0.2, 0.25) is 10.0 Å². The standard InChI is InChI=1S/C26H26N2O7S2/c29-26(30)23(11-6-7-16-27-37(33,34)17-15-19-8-2-1-3-9-19)28(36(31)32)20-13-14-25-22(18-20)21-10-4-5-12-24(21)35-25/h1-5,7-10,12-14,16,18,23,27H,6,11,15,17H2,(H,29,30)(H,31,32)/p-1. The Bertz CT molecular complexity index is 1550. The highest BCUT2D eigenvalue weighted by molar-refractivity contribution is 7.89. The highest BCUT2D eigenvalue weighted by atomic mass is 32.2. The van der Waals surface area contributed by atoms with Gasteiger partial charge in [0.25, 0.3) is 0 Å². The summed E-state index contributed by atoms with van der Waals surface area (Å²) >= 11 is -2.88. The number of anilines is 1. The van der Waals surface area contributed by atoms with Crippen LogP contribution in [-0.4, -0.2) is 40.0 Å². The fraction of sp³-hybridized carbons (Fsp3) is 0.192. The van der Waals surface area contributed by atoms with Crippen LogP contribution in [0.2, 0.25) is 0 Å². The first-order valence-electron chi connectivity index (χ1n) is 11.5. The fourth-order valence-corrected chi connectivity index (χ4v) is 5.62. The van der Waals surface area contributed by atoms with Gasteiger partial charge in [0.1, 0.15) is 17.2 Å². The fourth-order valence-electron chi connectivity index (χ4n) is 4.01. The zero-order chi connectivity index (χ0) is 26.4. The molecule has 4 aromatic rings. The Labute approximate surface area is 216 Å². The molecule has 11 heteroatoms. The third-order valence-corrected chi connectivity index (χ3v) is 7.84. The van der Waals surface area contributed by atoms with Crippen LogP contribution in [0, 0.1) is 0 Å². The number of aliphatic carboxylic acids is 1. The van der Waals surface area contributed by atoms with E-state index in [0.717, 1.165) is 15.3 Å². The third-order valence-electron chi connectivity index (χ3n) is 5.82. The van der Waals surface area contributed by atoms with E-state index in [1.54, 1.807) is 18.2 Å². The molecule has 9 nitrogen and oxygen atoms in total. The molecule has 2 unspecified atom stereocenters. The number of furan rings is 1. The van der Waals surface area contributed by atoms with E-state index in [1.165, 1.54) is 18.3 Å². The highest BCUT2D eigenvalue weighted by Gasteiger charge is 2.27. The van der Waals surface area contributed by atoms with Gasteiger partial charge in [-0.25, -0.2) is 13.2 Å². The van der Waals surface area contributed by atoms with Crippen LogP contribution in [0.25, 0.3) is 21.9 Å². The Morgan fingerprint density at radius 3 is 2.49 bits per heavy atom. The largest absolute Gasteiger partial charge is 0.755 e. The summed E-state index contributed by atoms with van der Waals surface area (Å²) in [5.41, 5.74) is 2.27.